The normalized spacial score (nSPS) is 13.5. The second-order valence-electron chi connectivity index (χ2n) is 5.59. The standard InChI is InChI=1S/C12H7Cl2O.C3H5.C2H4O2.Al/c13-9-6-7-11(14)12(8-9)15-10-4-2-1-3-5-10;1-2-3-1;1-2(3)4;/h1-6,8H;1H,2-3H2;1H3,(H,3,4);/q;;;+1/p-1. The minimum Gasteiger partial charge on any atom is -0.613 e. The number of carbonyl (C=O) groups is 1. The molecule has 3 nitrogen and oxygen atoms in total. The van der Waals surface area contributed by atoms with Crippen molar-refractivity contribution in [1.82, 2.24) is 0 Å². The third-order valence-corrected chi connectivity index (χ3v) is 7.64. The average molecular weight is 365 g/mol. The number of hydrogen-bond donors (Lipinski definition) is 0. The Labute approximate surface area is 149 Å². The van der Waals surface area contributed by atoms with Gasteiger partial charge in [-0.05, 0) is 21.3 Å². The fraction of sp³-hybridized carbons (Fsp3) is 0.235. The van der Waals surface area contributed by atoms with Crippen LogP contribution in [0.4, 0.5) is 0 Å². The van der Waals surface area contributed by atoms with Crippen molar-refractivity contribution in [2.75, 3.05) is 0 Å². The molecule has 0 heterocycles. The van der Waals surface area contributed by atoms with E-state index in [-0.39, 0.29) is 5.97 Å². The summed E-state index contributed by atoms with van der Waals surface area (Å²) >= 11 is 10.8. The maximum Gasteiger partial charge on any atom is 0.595 e. The van der Waals surface area contributed by atoms with Crippen molar-refractivity contribution in [2.45, 2.75) is 24.5 Å². The third-order valence-electron chi connectivity index (χ3n) is 3.65. The molecule has 23 heavy (non-hydrogen) atoms. The fourth-order valence-corrected chi connectivity index (χ4v) is 5.98. The van der Waals surface area contributed by atoms with E-state index in [1.165, 1.54) is 6.92 Å². The molecule has 0 spiro atoms. The molecule has 0 saturated heterocycles. The van der Waals surface area contributed by atoms with Crippen molar-refractivity contribution in [1.29, 1.82) is 0 Å². The first-order chi connectivity index (χ1) is 11.0. The Morgan fingerprint density at radius 2 is 1.87 bits per heavy atom. The highest BCUT2D eigenvalue weighted by atomic mass is 35.5. The van der Waals surface area contributed by atoms with Crippen molar-refractivity contribution in [3.05, 3.63) is 52.5 Å². The molecule has 1 aliphatic rings. The number of ether oxygens (including phenoxy) is 1. The molecule has 1 saturated carbocycles. The summed E-state index contributed by atoms with van der Waals surface area (Å²) in [5, 5.41) is 1.02. The molecule has 0 N–H and O–H groups in total. The molecule has 0 amide bonds. The summed E-state index contributed by atoms with van der Waals surface area (Å²) in [6, 6.07) is 12.9. The first-order valence-corrected chi connectivity index (χ1v) is 9.91. The monoisotopic (exact) mass is 364 g/mol. The van der Waals surface area contributed by atoms with Crippen LogP contribution < -0.4 is 9.16 Å². The zero-order valence-electron chi connectivity index (χ0n) is 12.6. The summed E-state index contributed by atoms with van der Waals surface area (Å²) in [6.07, 6.45) is 2.14. The molecule has 118 valence electrons. The van der Waals surface area contributed by atoms with Gasteiger partial charge in [-0.25, -0.2) is 0 Å². The number of halogens is 2. The Bertz CT molecular complexity index is 717. The van der Waals surface area contributed by atoms with Gasteiger partial charge in [0.1, 0.15) is 11.5 Å². The van der Waals surface area contributed by atoms with E-state index in [4.69, 9.17) is 31.7 Å². The van der Waals surface area contributed by atoms with Crippen molar-refractivity contribution in [2.24, 2.45) is 0 Å². The molecule has 0 bridgehead atoms. The maximum atomic E-state index is 11.4. The van der Waals surface area contributed by atoms with Crippen LogP contribution in [0.1, 0.15) is 19.8 Å². The fourth-order valence-electron chi connectivity index (χ4n) is 2.47. The third kappa shape index (κ3) is 4.22. The van der Waals surface area contributed by atoms with Gasteiger partial charge in [0, 0.05) is 18.0 Å². The van der Waals surface area contributed by atoms with Gasteiger partial charge in [0.15, 0.2) is 0 Å². The lowest BCUT2D eigenvalue weighted by Gasteiger charge is -2.16. The van der Waals surface area contributed by atoms with E-state index in [0.717, 1.165) is 17.3 Å². The Morgan fingerprint density at radius 3 is 2.48 bits per heavy atom. The Balaban J connectivity index is 1.95. The van der Waals surface area contributed by atoms with Crippen LogP contribution in [0.25, 0.3) is 0 Å². The summed E-state index contributed by atoms with van der Waals surface area (Å²) in [5.74, 6) is 0.903. The number of rotatable bonds is 5. The smallest absolute Gasteiger partial charge is 0.595 e. The molecule has 0 radical (unpaired) electrons. The van der Waals surface area contributed by atoms with Crippen LogP contribution in [0.2, 0.25) is 14.8 Å². The molecule has 0 aliphatic heterocycles. The lowest BCUT2D eigenvalue weighted by atomic mass is 10.3. The van der Waals surface area contributed by atoms with E-state index >= 15 is 0 Å². The van der Waals surface area contributed by atoms with E-state index in [1.54, 1.807) is 12.1 Å². The van der Waals surface area contributed by atoms with Crippen LogP contribution in [0.3, 0.4) is 0 Å². The number of benzene rings is 2. The zero-order valence-corrected chi connectivity index (χ0v) is 15.3. The summed E-state index contributed by atoms with van der Waals surface area (Å²) in [5.41, 5.74) is 0. The Kier molecular flexibility index (Phi) is 5.18. The van der Waals surface area contributed by atoms with Gasteiger partial charge in [0.25, 0.3) is 5.97 Å². The summed E-state index contributed by atoms with van der Waals surface area (Å²) in [6.45, 7) is 1.43. The number of carbonyl (C=O) groups excluding carboxylic acids is 1. The van der Waals surface area contributed by atoms with Crippen molar-refractivity contribution < 1.29 is 13.3 Å². The molecular formula is C17H15AlCl2O3. The Hall–Kier alpha value is -1.18. The van der Waals surface area contributed by atoms with E-state index in [0.29, 0.717) is 26.3 Å². The van der Waals surface area contributed by atoms with Crippen molar-refractivity contribution in [3.63, 3.8) is 0 Å². The molecule has 0 atom stereocenters. The molecule has 0 unspecified atom stereocenters. The van der Waals surface area contributed by atoms with Crippen LogP contribution in [-0.4, -0.2) is 20.5 Å². The summed E-state index contributed by atoms with van der Waals surface area (Å²) < 4.78 is 12.7. The van der Waals surface area contributed by atoms with Gasteiger partial charge in [0.2, 0.25) is 0 Å². The van der Waals surface area contributed by atoms with Gasteiger partial charge in [-0.2, -0.15) is 0 Å². The average Bonchev–Trinajstić information content (AvgIpc) is 3.34. The summed E-state index contributed by atoms with van der Waals surface area (Å²) in [4.78, 5) is 11.4. The van der Waals surface area contributed by atoms with Crippen LogP contribution >= 0.6 is 23.2 Å². The molecule has 1 fully saturated rings. The highest BCUT2D eigenvalue weighted by Crippen LogP contribution is 2.41. The topological polar surface area (TPSA) is 35.5 Å². The number of hydrogen-bond acceptors (Lipinski definition) is 3. The van der Waals surface area contributed by atoms with E-state index in [9.17, 15) is 4.79 Å². The van der Waals surface area contributed by atoms with Gasteiger partial charge in [-0.3, -0.25) is 4.79 Å². The second kappa shape index (κ2) is 7.15. The van der Waals surface area contributed by atoms with Gasteiger partial charge in [-0.1, -0.05) is 60.3 Å². The summed E-state index contributed by atoms with van der Waals surface area (Å²) in [7, 11) is 0. The molecule has 2 aromatic carbocycles. The van der Waals surface area contributed by atoms with Gasteiger partial charge >= 0.3 is 14.5 Å². The first-order valence-electron chi connectivity index (χ1n) is 7.43. The predicted molar refractivity (Wildman–Crippen MR) is 93.1 cm³/mol. The molecule has 0 aromatic heterocycles. The lowest BCUT2D eigenvalue weighted by Crippen LogP contribution is -2.36. The second-order valence-corrected chi connectivity index (χ2v) is 9.05. The van der Waals surface area contributed by atoms with Crippen LogP contribution in [-0.2, 0) is 8.58 Å². The van der Waals surface area contributed by atoms with E-state index in [2.05, 4.69) is 0 Å². The highest BCUT2D eigenvalue weighted by molar-refractivity contribution is 6.73. The first kappa shape index (κ1) is 16.7. The van der Waals surface area contributed by atoms with Crippen LogP contribution in [0.5, 0.6) is 11.5 Å². The molecule has 6 heteroatoms. The van der Waals surface area contributed by atoms with E-state index < -0.39 is 14.5 Å². The van der Waals surface area contributed by atoms with Gasteiger partial charge in [-0.15, -0.1) is 0 Å². The molecule has 2 aromatic rings. The quantitative estimate of drug-likeness (QED) is 0.720. The van der Waals surface area contributed by atoms with E-state index in [1.807, 2.05) is 30.3 Å². The van der Waals surface area contributed by atoms with Crippen LogP contribution in [0.15, 0.2) is 42.5 Å². The zero-order chi connectivity index (χ0) is 16.4. The molecule has 1 aliphatic carbocycles. The maximum absolute atomic E-state index is 11.4. The van der Waals surface area contributed by atoms with Crippen LogP contribution in [0, 0.1) is 0 Å². The minimum absolute atomic E-state index is 0.268. The van der Waals surface area contributed by atoms with Gasteiger partial charge in [0.05, 0.1) is 5.02 Å². The van der Waals surface area contributed by atoms with Crippen molar-refractivity contribution in [3.8, 4) is 11.5 Å². The largest absolute Gasteiger partial charge is 0.613 e. The SMILES string of the molecule is CC(=O)[O][Al]([c]1cc(Cl)cc(Oc2ccccc2)c1Cl)[CH]1CC1. The van der Waals surface area contributed by atoms with Gasteiger partial charge < -0.3 is 8.53 Å². The lowest BCUT2D eigenvalue weighted by molar-refractivity contribution is -0.132. The van der Waals surface area contributed by atoms with Crippen molar-refractivity contribution >= 4 is 48.1 Å². The molecular weight excluding hydrogens is 350 g/mol. The Morgan fingerprint density at radius 1 is 1.17 bits per heavy atom. The molecule has 3 rings (SSSR count). The number of para-hydroxylation sites is 1. The predicted octanol–water partition coefficient (Wildman–Crippen LogP) is 4.71. The minimum atomic E-state index is -1.96. The highest BCUT2D eigenvalue weighted by Gasteiger charge is 2.46.